The Kier molecular flexibility index (Phi) is 3.78. The zero-order valence-corrected chi connectivity index (χ0v) is 14.8. The first-order chi connectivity index (χ1) is 10.9. The van der Waals surface area contributed by atoms with E-state index in [-0.39, 0.29) is 6.04 Å². The molecular formula is C18H26N2O2S. The molecular weight excluding hydrogens is 308 g/mol. The topological polar surface area (TPSA) is 40.6 Å². The summed E-state index contributed by atoms with van der Waals surface area (Å²) in [5, 5.41) is 0. The summed E-state index contributed by atoms with van der Waals surface area (Å²) in [5.41, 5.74) is 4.21. The van der Waals surface area contributed by atoms with Crippen LogP contribution in [-0.4, -0.2) is 49.6 Å². The lowest BCUT2D eigenvalue weighted by molar-refractivity contribution is 0.0222. The van der Waals surface area contributed by atoms with Crippen molar-refractivity contribution in [2.75, 3.05) is 25.9 Å². The predicted octanol–water partition coefficient (Wildman–Crippen LogP) is 2.34. The molecule has 3 aliphatic heterocycles. The van der Waals surface area contributed by atoms with Gasteiger partial charge >= 0.3 is 0 Å². The van der Waals surface area contributed by atoms with Crippen LogP contribution in [0.4, 0.5) is 0 Å². The number of hydrogen-bond acceptors (Lipinski definition) is 3. The zero-order chi connectivity index (χ0) is 16.2. The number of rotatable bonds is 1. The van der Waals surface area contributed by atoms with E-state index in [1.807, 2.05) is 0 Å². The van der Waals surface area contributed by atoms with Gasteiger partial charge in [-0.15, -0.1) is 0 Å². The number of sulfonamides is 1. The Balaban J connectivity index is 1.68. The predicted molar refractivity (Wildman–Crippen MR) is 91.9 cm³/mol. The average Bonchev–Trinajstić information content (AvgIpc) is 2.51. The van der Waals surface area contributed by atoms with Crippen molar-refractivity contribution in [2.24, 2.45) is 5.92 Å². The fourth-order valence-corrected chi connectivity index (χ4v) is 6.17. The molecule has 0 aliphatic carbocycles. The summed E-state index contributed by atoms with van der Waals surface area (Å²) in [6, 6.07) is 7.36. The summed E-state index contributed by atoms with van der Waals surface area (Å²) in [6.45, 7) is 5.02. The monoisotopic (exact) mass is 334 g/mol. The van der Waals surface area contributed by atoms with E-state index < -0.39 is 10.0 Å². The maximum Gasteiger partial charge on any atom is 0.211 e. The highest BCUT2D eigenvalue weighted by molar-refractivity contribution is 7.88. The molecule has 2 saturated heterocycles. The second-order valence-corrected chi connectivity index (χ2v) is 9.48. The summed E-state index contributed by atoms with van der Waals surface area (Å²) < 4.78 is 26.2. The van der Waals surface area contributed by atoms with Crippen LogP contribution in [0.1, 0.15) is 42.0 Å². The smallest absolute Gasteiger partial charge is 0.211 e. The number of hydrogen-bond donors (Lipinski definition) is 0. The van der Waals surface area contributed by atoms with E-state index in [0.29, 0.717) is 18.5 Å². The highest BCUT2D eigenvalue weighted by atomic mass is 32.2. The molecule has 2 fully saturated rings. The Morgan fingerprint density at radius 2 is 2.04 bits per heavy atom. The first-order valence-electron chi connectivity index (χ1n) is 8.74. The van der Waals surface area contributed by atoms with Gasteiger partial charge in [-0.05, 0) is 49.7 Å². The summed E-state index contributed by atoms with van der Waals surface area (Å²) in [4.78, 5) is 2.60. The molecule has 0 amide bonds. The lowest BCUT2D eigenvalue weighted by Crippen LogP contribution is -2.57. The molecule has 4 nitrogen and oxygen atoms in total. The second-order valence-electron chi connectivity index (χ2n) is 7.54. The Bertz CT molecular complexity index is 716. The molecule has 0 bridgehead atoms. The third-order valence-electron chi connectivity index (χ3n) is 5.99. The molecule has 0 N–H and O–H groups in total. The van der Waals surface area contributed by atoms with Gasteiger partial charge in [0, 0.05) is 31.7 Å². The number of piperidine rings is 2. The van der Waals surface area contributed by atoms with Crippen molar-refractivity contribution in [3.8, 4) is 0 Å². The lowest BCUT2D eigenvalue weighted by Gasteiger charge is -2.51. The van der Waals surface area contributed by atoms with E-state index in [9.17, 15) is 8.42 Å². The first-order valence-corrected chi connectivity index (χ1v) is 10.6. The van der Waals surface area contributed by atoms with E-state index in [1.165, 1.54) is 29.4 Å². The van der Waals surface area contributed by atoms with Crippen LogP contribution in [0.15, 0.2) is 18.2 Å². The molecule has 3 atom stereocenters. The Morgan fingerprint density at radius 3 is 2.83 bits per heavy atom. The molecule has 1 aromatic rings. The van der Waals surface area contributed by atoms with Gasteiger partial charge in [0.2, 0.25) is 10.0 Å². The van der Waals surface area contributed by atoms with Gasteiger partial charge in [0.05, 0.1) is 6.26 Å². The van der Waals surface area contributed by atoms with Gasteiger partial charge in [-0.3, -0.25) is 4.90 Å². The van der Waals surface area contributed by atoms with Gasteiger partial charge in [0.1, 0.15) is 0 Å². The third kappa shape index (κ3) is 2.73. The molecule has 0 spiro atoms. The minimum Gasteiger partial charge on any atom is -0.296 e. The molecule has 0 saturated carbocycles. The van der Waals surface area contributed by atoms with Gasteiger partial charge in [-0.1, -0.05) is 23.8 Å². The van der Waals surface area contributed by atoms with Crippen LogP contribution < -0.4 is 0 Å². The highest BCUT2D eigenvalue weighted by Crippen LogP contribution is 2.43. The Hall–Kier alpha value is -0.910. The van der Waals surface area contributed by atoms with Crippen LogP contribution in [0.3, 0.4) is 0 Å². The van der Waals surface area contributed by atoms with Crippen LogP contribution in [0.5, 0.6) is 0 Å². The third-order valence-corrected chi connectivity index (χ3v) is 7.30. The van der Waals surface area contributed by atoms with Gasteiger partial charge in [-0.25, -0.2) is 8.42 Å². The van der Waals surface area contributed by atoms with Crippen LogP contribution in [-0.2, 0) is 16.4 Å². The van der Waals surface area contributed by atoms with Gasteiger partial charge in [0.25, 0.3) is 0 Å². The summed E-state index contributed by atoms with van der Waals surface area (Å²) in [5.74, 6) is 0.502. The molecule has 23 heavy (non-hydrogen) atoms. The molecule has 0 aromatic heterocycles. The summed E-state index contributed by atoms with van der Waals surface area (Å²) in [6.07, 6.45) is 5.62. The summed E-state index contributed by atoms with van der Waals surface area (Å²) >= 11 is 0. The largest absolute Gasteiger partial charge is 0.296 e. The number of nitrogens with zero attached hydrogens (tertiary/aromatic N) is 2. The molecule has 0 radical (unpaired) electrons. The van der Waals surface area contributed by atoms with Crippen LogP contribution in [0, 0.1) is 12.8 Å². The number of fused-ring (bicyclic) bond motifs is 4. The van der Waals surface area contributed by atoms with Crippen molar-refractivity contribution >= 4 is 10.0 Å². The standard InChI is InChI=1S/C18H26N2O2S/c1-13-5-6-16-14(10-13)7-9-19-12-15-4-3-8-20(23(2,21)22)17(15)11-18(16)19/h5-6,10,15,17-18H,3-4,7-9,11-12H2,1-2H3. The van der Waals surface area contributed by atoms with Crippen LogP contribution in [0.25, 0.3) is 0 Å². The maximum atomic E-state index is 12.2. The molecule has 4 rings (SSSR count). The SMILES string of the molecule is Cc1ccc2c(c1)CCN1CC3CCCN(S(C)(=O)=O)C3CC21. The normalized spacial score (nSPS) is 32.0. The van der Waals surface area contributed by atoms with Crippen molar-refractivity contribution in [1.82, 2.24) is 9.21 Å². The number of aryl methyl sites for hydroxylation is 1. The van der Waals surface area contributed by atoms with Crippen molar-refractivity contribution in [1.29, 1.82) is 0 Å². The Morgan fingerprint density at radius 1 is 1.22 bits per heavy atom. The molecule has 3 heterocycles. The minimum atomic E-state index is -3.10. The van der Waals surface area contributed by atoms with Gasteiger partial charge in [0.15, 0.2) is 0 Å². The van der Waals surface area contributed by atoms with Gasteiger partial charge < -0.3 is 0 Å². The van der Waals surface area contributed by atoms with E-state index in [4.69, 9.17) is 0 Å². The van der Waals surface area contributed by atoms with Crippen molar-refractivity contribution in [3.05, 3.63) is 34.9 Å². The van der Waals surface area contributed by atoms with Gasteiger partial charge in [-0.2, -0.15) is 4.31 Å². The van der Waals surface area contributed by atoms with E-state index in [0.717, 1.165) is 32.4 Å². The van der Waals surface area contributed by atoms with E-state index >= 15 is 0 Å². The van der Waals surface area contributed by atoms with Crippen LogP contribution >= 0.6 is 0 Å². The lowest BCUT2D eigenvalue weighted by atomic mass is 9.77. The van der Waals surface area contributed by atoms with E-state index in [2.05, 4.69) is 30.0 Å². The molecule has 126 valence electrons. The molecule has 1 aromatic carbocycles. The fourth-order valence-electron chi connectivity index (χ4n) is 4.95. The first kappa shape index (κ1) is 15.6. The zero-order valence-electron chi connectivity index (χ0n) is 14.0. The average molecular weight is 334 g/mol. The Labute approximate surface area is 139 Å². The quantitative estimate of drug-likeness (QED) is 0.791. The van der Waals surface area contributed by atoms with E-state index in [1.54, 1.807) is 4.31 Å². The second kappa shape index (κ2) is 5.57. The maximum absolute atomic E-state index is 12.2. The highest BCUT2D eigenvalue weighted by Gasteiger charge is 2.44. The molecule has 5 heteroatoms. The van der Waals surface area contributed by atoms with Crippen molar-refractivity contribution < 1.29 is 8.42 Å². The molecule has 3 aliphatic rings. The number of benzene rings is 1. The van der Waals surface area contributed by atoms with Crippen molar-refractivity contribution in [3.63, 3.8) is 0 Å². The van der Waals surface area contributed by atoms with Crippen LogP contribution in [0.2, 0.25) is 0 Å². The molecule has 3 unspecified atom stereocenters. The summed E-state index contributed by atoms with van der Waals surface area (Å²) in [7, 11) is -3.10. The fraction of sp³-hybridized carbons (Fsp3) is 0.667. The minimum absolute atomic E-state index is 0.187. The van der Waals surface area contributed by atoms with Crippen molar-refractivity contribution in [2.45, 2.75) is 44.7 Å².